The summed E-state index contributed by atoms with van der Waals surface area (Å²) in [6, 6.07) is -0.434. The van der Waals surface area contributed by atoms with Crippen LogP contribution in [0.4, 0.5) is 0 Å². The molecular weight excluding hydrogens is 206 g/mol. The highest BCUT2D eigenvalue weighted by Crippen LogP contribution is 2.02. The van der Waals surface area contributed by atoms with Crippen LogP contribution in [0.25, 0.3) is 0 Å². The number of carbonyl (C=O) groups excluding carboxylic acids is 1. The van der Waals surface area contributed by atoms with E-state index in [4.69, 9.17) is 10.2 Å². The van der Waals surface area contributed by atoms with Crippen LogP contribution in [0.5, 0.6) is 0 Å². The molecule has 1 heterocycles. The lowest BCUT2D eigenvalue weighted by atomic mass is 10.1. The molecule has 0 fully saturated rings. The lowest BCUT2D eigenvalue weighted by Crippen LogP contribution is -2.40. The van der Waals surface area contributed by atoms with Crippen molar-refractivity contribution < 1.29 is 9.21 Å². The van der Waals surface area contributed by atoms with Crippen LogP contribution in [0.3, 0.4) is 0 Å². The van der Waals surface area contributed by atoms with E-state index in [1.165, 1.54) is 0 Å². The Morgan fingerprint density at radius 3 is 3.00 bits per heavy atom. The van der Waals surface area contributed by atoms with E-state index in [9.17, 15) is 4.79 Å². The highest BCUT2D eigenvalue weighted by Gasteiger charge is 2.12. The van der Waals surface area contributed by atoms with Gasteiger partial charge in [-0.1, -0.05) is 19.8 Å². The summed E-state index contributed by atoms with van der Waals surface area (Å²) in [5.41, 5.74) is 5.71. The predicted molar refractivity (Wildman–Crippen MR) is 60.6 cm³/mol. The van der Waals surface area contributed by atoms with E-state index in [0.717, 1.165) is 18.6 Å². The van der Waals surface area contributed by atoms with Crippen molar-refractivity contribution >= 4 is 5.91 Å². The summed E-state index contributed by atoms with van der Waals surface area (Å²) < 4.78 is 5.23. The van der Waals surface area contributed by atoms with Crippen molar-refractivity contribution in [1.29, 1.82) is 0 Å². The number of nitrogens with zero attached hydrogens (tertiary/aromatic N) is 1. The largest absolute Gasteiger partial charge is 0.444 e. The second-order valence-corrected chi connectivity index (χ2v) is 3.83. The number of hydrogen-bond acceptors (Lipinski definition) is 4. The monoisotopic (exact) mass is 225 g/mol. The van der Waals surface area contributed by atoms with Crippen LogP contribution >= 0.6 is 0 Å². The van der Waals surface area contributed by atoms with E-state index < -0.39 is 6.04 Å². The molecule has 0 aliphatic heterocycles. The number of hydrogen-bond donors (Lipinski definition) is 2. The SMILES string of the molecule is CCCCC(N)C(=O)NCc1ncc(C)o1. The summed E-state index contributed by atoms with van der Waals surface area (Å²) in [6.45, 7) is 4.18. The summed E-state index contributed by atoms with van der Waals surface area (Å²) in [5, 5.41) is 2.70. The van der Waals surface area contributed by atoms with Crippen molar-refractivity contribution in [2.75, 3.05) is 0 Å². The van der Waals surface area contributed by atoms with Crippen molar-refractivity contribution in [2.45, 2.75) is 45.7 Å². The highest BCUT2D eigenvalue weighted by atomic mass is 16.4. The Hall–Kier alpha value is -1.36. The Kier molecular flexibility index (Phi) is 4.98. The van der Waals surface area contributed by atoms with Crippen molar-refractivity contribution in [3.05, 3.63) is 17.8 Å². The zero-order chi connectivity index (χ0) is 12.0. The number of oxazole rings is 1. The minimum absolute atomic E-state index is 0.149. The summed E-state index contributed by atoms with van der Waals surface area (Å²) >= 11 is 0. The molecule has 0 aliphatic carbocycles. The summed E-state index contributed by atoms with van der Waals surface area (Å²) in [4.78, 5) is 15.5. The number of amides is 1. The number of nitrogens with two attached hydrogens (primary N) is 1. The van der Waals surface area contributed by atoms with Crippen LogP contribution in [0.1, 0.15) is 37.8 Å². The summed E-state index contributed by atoms with van der Waals surface area (Å²) in [5.74, 6) is 1.09. The van der Waals surface area contributed by atoms with Gasteiger partial charge in [-0.25, -0.2) is 4.98 Å². The molecule has 0 radical (unpaired) electrons. The van der Waals surface area contributed by atoms with Gasteiger partial charge in [-0.2, -0.15) is 0 Å². The number of carbonyl (C=O) groups is 1. The van der Waals surface area contributed by atoms with Gasteiger partial charge in [0.15, 0.2) is 0 Å². The first kappa shape index (κ1) is 12.7. The molecule has 16 heavy (non-hydrogen) atoms. The van der Waals surface area contributed by atoms with Gasteiger partial charge >= 0.3 is 0 Å². The summed E-state index contributed by atoms with van der Waals surface area (Å²) in [6.07, 6.45) is 4.35. The molecule has 1 unspecified atom stereocenters. The zero-order valence-corrected chi connectivity index (χ0v) is 9.82. The smallest absolute Gasteiger partial charge is 0.237 e. The normalized spacial score (nSPS) is 12.4. The Labute approximate surface area is 95.4 Å². The topological polar surface area (TPSA) is 81.2 Å². The van der Waals surface area contributed by atoms with Crippen LogP contribution < -0.4 is 11.1 Å². The molecule has 1 aromatic heterocycles. The fourth-order valence-electron chi connectivity index (χ4n) is 1.33. The Balaban J connectivity index is 2.29. The van der Waals surface area contributed by atoms with E-state index in [0.29, 0.717) is 18.9 Å². The van der Waals surface area contributed by atoms with Crippen molar-refractivity contribution in [1.82, 2.24) is 10.3 Å². The third kappa shape index (κ3) is 4.02. The Bertz CT molecular complexity index is 336. The molecule has 0 saturated carbocycles. The fraction of sp³-hybridized carbons (Fsp3) is 0.636. The van der Waals surface area contributed by atoms with Gasteiger partial charge in [0.2, 0.25) is 11.8 Å². The van der Waals surface area contributed by atoms with E-state index in [1.54, 1.807) is 6.20 Å². The molecule has 1 amide bonds. The van der Waals surface area contributed by atoms with E-state index in [2.05, 4.69) is 17.2 Å². The molecule has 1 rings (SSSR count). The third-order valence-corrected chi connectivity index (χ3v) is 2.29. The predicted octanol–water partition coefficient (Wildman–Crippen LogP) is 1.12. The maximum absolute atomic E-state index is 11.5. The van der Waals surface area contributed by atoms with Gasteiger partial charge in [0, 0.05) is 0 Å². The maximum Gasteiger partial charge on any atom is 0.237 e. The number of rotatable bonds is 6. The number of aromatic nitrogens is 1. The Morgan fingerprint density at radius 2 is 2.44 bits per heavy atom. The number of aryl methyl sites for hydroxylation is 1. The first-order valence-corrected chi connectivity index (χ1v) is 5.58. The first-order chi connectivity index (χ1) is 7.63. The van der Waals surface area contributed by atoms with Crippen molar-refractivity contribution in [3.8, 4) is 0 Å². The van der Waals surface area contributed by atoms with Crippen LogP contribution in [0.15, 0.2) is 10.6 Å². The molecule has 0 spiro atoms. The molecular formula is C11H19N3O2. The van der Waals surface area contributed by atoms with Gasteiger partial charge in [0.25, 0.3) is 0 Å². The Morgan fingerprint density at radius 1 is 1.69 bits per heavy atom. The van der Waals surface area contributed by atoms with Gasteiger partial charge in [0.1, 0.15) is 5.76 Å². The highest BCUT2D eigenvalue weighted by molar-refractivity contribution is 5.81. The van der Waals surface area contributed by atoms with Crippen molar-refractivity contribution in [2.24, 2.45) is 5.73 Å². The van der Waals surface area contributed by atoms with Crippen LogP contribution in [0, 0.1) is 6.92 Å². The molecule has 0 aromatic carbocycles. The minimum atomic E-state index is -0.434. The van der Waals surface area contributed by atoms with Gasteiger partial charge < -0.3 is 15.5 Å². The molecule has 3 N–H and O–H groups in total. The van der Waals surface area contributed by atoms with Gasteiger partial charge in [0.05, 0.1) is 18.8 Å². The molecule has 1 atom stereocenters. The van der Waals surface area contributed by atoms with Gasteiger partial charge in [-0.15, -0.1) is 0 Å². The first-order valence-electron chi connectivity index (χ1n) is 5.58. The van der Waals surface area contributed by atoms with Gasteiger partial charge in [-0.05, 0) is 13.3 Å². The fourth-order valence-corrected chi connectivity index (χ4v) is 1.33. The van der Waals surface area contributed by atoms with E-state index in [1.807, 2.05) is 6.92 Å². The lowest BCUT2D eigenvalue weighted by molar-refractivity contribution is -0.122. The van der Waals surface area contributed by atoms with E-state index >= 15 is 0 Å². The lowest BCUT2D eigenvalue weighted by Gasteiger charge is -2.10. The zero-order valence-electron chi connectivity index (χ0n) is 9.82. The molecule has 1 aromatic rings. The third-order valence-electron chi connectivity index (χ3n) is 2.29. The summed E-state index contributed by atoms with van der Waals surface area (Å²) in [7, 11) is 0. The molecule has 0 aliphatic rings. The average molecular weight is 225 g/mol. The standard InChI is InChI=1S/C11H19N3O2/c1-3-4-5-9(12)11(15)14-7-10-13-6-8(2)16-10/h6,9H,3-5,7,12H2,1-2H3,(H,14,15). The van der Waals surface area contributed by atoms with Gasteiger partial charge in [-0.3, -0.25) is 4.79 Å². The average Bonchev–Trinajstić information content (AvgIpc) is 2.68. The molecule has 0 saturated heterocycles. The maximum atomic E-state index is 11.5. The van der Waals surface area contributed by atoms with Crippen LogP contribution in [-0.4, -0.2) is 16.9 Å². The van der Waals surface area contributed by atoms with Crippen molar-refractivity contribution in [3.63, 3.8) is 0 Å². The second kappa shape index (κ2) is 6.27. The van der Waals surface area contributed by atoms with Crippen LogP contribution in [-0.2, 0) is 11.3 Å². The van der Waals surface area contributed by atoms with E-state index in [-0.39, 0.29) is 5.91 Å². The molecule has 90 valence electrons. The molecule has 5 nitrogen and oxygen atoms in total. The minimum Gasteiger partial charge on any atom is -0.444 e. The quantitative estimate of drug-likeness (QED) is 0.760. The molecule has 0 bridgehead atoms. The number of unbranched alkanes of at least 4 members (excludes halogenated alkanes) is 1. The number of nitrogens with one attached hydrogen (secondary N) is 1. The van der Waals surface area contributed by atoms with Crippen LogP contribution in [0.2, 0.25) is 0 Å². The molecule has 5 heteroatoms. The second-order valence-electron chi connectivity index (χ2n) is 3.83.